The Kier molecular flexibility index (Phi) is 9.07. The molecule has 196 valence electrons. The molecule has 37 heavy (non-hydrogen) atoms. The largest absolute Gasteiger partial charge is 0.494 e. The summed E-state index contributed by atoms with van der Waals surface area (Å²) in [7, 11) is 1.27. The quantitative estimate of drug-likeness (QED) is 0.195. The highest BCUT2D eigenvalue weighted by molar-refractivity contribution is 5.74. The van der Waals surface area contributed by atoms with E-state index in [-0.39, 0.29) is 16.9 Å². The first-order valence-corrected chi connectivity index (χ1v) is 13.2. The molecule has 3 aromatic carbocycles. The molecular formula is C32H34F4O. The highest BCUT2D eigenvalue weighted by Crippen LogP contribution is 2.37. The fourth-order valence-electron chi connectivity index (χ4n) is 5.19. The third-order valence-electron chi connectivity index (χ3n) is 7.44. The lowest BCUT2D eigenvalue weighted by Gasteiger charge is -2.22. The summed E-state index contributed by atoms with van der Waals surface area (Å²) in [5, 5.41) is 0. The number of unbranched alkanes of at least 4 members (excludes halogenated alkanes) is 4. The van der Waals surface area contributed by atoms with E-state index in [0.29, 0.717) is 22.6 Å². The molecule has 1 aliphatic rings. The van der Waals surface area contributed by atoms with Gasteiger partial charge in [0.2, 0.25) is 5.82 Å². The van der Waals surface area contributed by atoms with Crippen LogP contribution in [0.3, 0.4) is 0 Å². The molecule has 0 saturated heterocycles. The molecule has 0 bridgehead atoms. The van der Waals surface area contributed by atoms with Crippen LogP contribution in [0.15, 0.2) is 54.6 Å². The van der Waals surface area contributed by atoms with Gasteiger partial charge in [-0.25, -0.2) is 13.2 Å². The highest BCUT2D eigenvalue weighted by Gasteiger charge is 2.21. The molecule has 0 heterocycles. The lowest BCUT2D eigenvalue weighted by molar-refractivity contribution is 0.372. The standard InChI is InChI=1S/C32H34F4O/c1-3-4-5-6-7-8-21-9-11-22(12-10-21)25-17-18-26(30(34)29(25)33)23-13-15-24(16-14-23)27-19-20-28(37-2)32(36)31(27)35/h11,13-21H,3-10,12H2,1-2H3. The van der Waals surface area contributed by atoms with Gasteiger partial charge >= 0.3 is 0 Å². The predicted octanol–water partition coefficient (Wildman–Crippen LogP) is 10.1. The molecule has 0 amide bonds. The zero-order valence-corrected chi connectivity index (χ0v) is 21.6. The number of hydrogen-bond acceptors (Lipinski definition) is 1. The van der Waals surface area contributed by atoms with Crippen LogP contribution in [0.4, 0.5) is 17.6 Å². The highest BCUT2D eigenvalue weighted by atomic mass is 19.2. The number of hydrogen-bond donors (Lipinski definition) is 0. The van der Waals surface area contributed by atoms with Crippen molar-refractivity contribution < 1.29 is 22.3 Å². The Morgan fingerprint density at radius 2 is 1.27 bits per heavy atom. The lowest BCUT2D eigenvalue weighted by atomic mass is 9.83. The van der Waals surface area contributed by atoms with Crippen LogP contribution in [0, 0.1) is 29.2 Å². The Balaban J connectivity index is 1.47. The Morgan fingerprint density at radius 3 is 1.86 bits per heavy atom. The van der Waals surface area contributed by atoms with E-state index in [9.17, 15) is 8.78 Å². The summed E-state index contributed by atoms with van der Waals surface area (Å²) in [6, 6.07) is 12.3. The van der Waals surface area contributed by atoms with E-state index in [1.54, 1.807) is 36.4 Å². The Bertz CT molecular complexity index is 1250. The Hall–Kier alpha value is -3.08. The van der Waals surface area contributed by atoms with E-state index >= 15 is 8.78 Å². The fourth-order valence-corrected chi connectivity index (χ4v) is 5.19. The van der Waals surface area contributed by atoms with Gasteiger partial charge in [-0.3, -0.25) is 0 Å². The number of methoxy groups -OCH3 is 1. The van der Waals surface area contributed by atoms with Crippen molar-refractivity contribution in [3.05, 3.63) is 83.4 Å². The summed E-state index contributed by atoms with van der Waals surface area (Å²) < 4.78 is 63.7. The SMILES string of the molecule is CCCCCCCC1CC=C(c2ccc(-c3ccc(-c4ccc(OC)c(F)c4F)cc3)c(F)c2F)CC1. The topological polar surface area (TPSA) is 9.23 Å². The molecule has 4 rings (SSSR count). The summed E-state index contributed by atoms with van der Waals surface area (Å²) in [5.41, 5.74) is 2.29. The molecule has 0 aliphatic heterocycles. The molecule has 0 radical (unpaired) electrons. The lowest BCUT2D eigenvalue weighted by Crippen LogP contribution is -2.07. The van der Waals surface area contributed by atoms with E-state index in [4.69, 9.17) is 4.74 Å². The minimum Gasteiger partial charge on any atom is -0.494 e. The average Bonchev–Trinajstić information content (AvgIpc) is 2.92. The predicted molar refractivity (Wildman–Crippen MR) is 142 cm³/mol. The van der Waals surface area contributed by atoms with E-state index in [1.807, 2.05) is 0 Å². The van der Waals surface area contributed by atoms with Crippen molar-refractivity contribution in [1.29, 1.82) is 0 Å². The second-order valence-corrected chi connectivity index (χ2v) is 9.88. The second-order valence-electron chi connectivity index (χ2n) is 9.88. The van der Waals surface area contributed by atoms with Crippen LogP contribution in [-0.4, -0.2) is 7.11 Å². The number of benzene rings is 3. The van der Waals surface area contributed by atoms with Gasteiger partial charge in [-0.1, -0.05) is 87.9 Å². The smallest absolute Gasteiger partial charge is 0.201 e. The maximum Gasteiger partial charge on any atom is 0.201 e. The van der Waals surface area contributed by atoms with Crippen LogP contribution < -0.4 is 4.74 Å². The molecule has 3 aromatic rings. The van der Waals surface area contributed by atoms with Crippen molar-refractivity contribution in [3.8, 4) is 28.0 Å². The zero-order valence-electron chi connectivity index (χ0n) is 21.6. The average molecular weight is 511 g/mol. The van der Waals surface area contributed by atoms with Crippen molar-refractivity contribution in [3.63, 3.8) is 0 Å². The molecule has 0 aromatic heterocycles. The third-order valence-corrected chi connectivity index (χ3v) is 7.44. The molecule has 0 spiro atoms. The van der Waals surface area contributed by atoms with E-state index in [2.05, 4.69) is 13.0 Å². The summed E-state index contributed by atoms with van der Waals surface area (Å²) in [5.74, 6) is -3.38. The number of ether oxygens (including phenoxy) is 1. The summed E-state index contributed by atoms with van der Waals surface area (Å²) in [6.45, 7) is 2.22. The molecule has 1 unspecified atom stereocenters. The van der Waals surface area contributed by atoms with Crippen molar-refractivity contribution >= 4 is 5.57 Å². The minimum atomic E-state index is -1.07. The first-order valence-electron chi connectivity index (χ1n) is 13.2. The molecular weight excluding hydrogens is 476 g/mol. The minimum absolute atomic E-state index is 0.0651. The van der Waals surface area contributed by atoms with Crippen LogP contribution in [0.5, 0.6) is 5.75 Å². The van der Waals surface area contributed by atoms with Gasteiger partial charge in [-0.05, 0) is 54.0 Å². The Labute approximate surface area is 217 Å². The second kappa shape index (κ2) is 12.4. The normalized spacial score (nSPS) is 15.5. The molecule has 1 atom stereocenters. The van der Waals surface area contributed by atoms with E-state index in [1.165, 1.54) is 57.8 Å². The first kappa shape index (κ1) is 27.0. The van der Waals surface area contributed by atoms with Crippen molar-refractivity contribution in [1.82, 2.24) is 0 Å². The number of allylic oxidation sites excluding steroid dienone is 2. The third kappa shape index (κ3) is 6.08. The molecule has 0 fully saturated rings. The summed E-state index contributed by atoms with van der Waals surface area (Å²) in [4.78, 5) is 0. The van der Waals surface area contributed by atoms with Gasteiger partial charge in [0.05, 0.1) is 7.11 Å². The number of halogens is 4. The maximum atomic E-state index is 15.1. The zero-order chi connectivity index (χ0) is 26.4. The number of rotatable bonds is 10. The fraction of sp³-hybridized carbons (Fsp3) is 0.375. The molecule has 5 heteroatoms. The molecule has 1 aliphatic carbocycles. The Morgan fingerprint density at radius 1 is 0.703 bits per heavy atom. The van der Waals surface area contributed by atoms with Gasteiger partial charge in [-0.2, -0.15) is 4.39 Å². The molecule has 1 nitrogen and oxygen atoms in total. The van der Waals surface area contributed by atoms with Gasteiger partial charge < -0.3 is 4.74 Å². The van der Waals surface area contributed by atoms with Crippen LogP contribution in [0.1, 0.15) is 70.3 Å². The van der Waals surface area contributed by atoms with Gasteiger partial charge in [0, 0.05) is 16.7 Å². The monoisotopic (exact) mass is 510 g/mol. The van der Waals surface area contributed by atoms with Crippen molar-refractivity contribution in [2.24, 2.45) is 5.92 Å². The summed E-state index contributed by atoms with van der Waals surface area (Å²) >= 11 is 0. The van der Waals surface area contributed by atoms with Gasteiger partial charge in [0.1, 0.15) is 0 Å². The van der Waals surface area contributed by atoms with Crippen LogP contribution in [0.25, 0.3) is 27.8 Å². The van der Waals surface area contributed by atoms with E-state index < -0.39 is 23.3 Å². The van der Waals surface area contributed by atoms with Gasteiger partial charge in [0.25, 0.3) is 0 Å². The molecule has 0 saturated carbocycles. The first-order chi connectivity index (χ1) is 17.9. The van der Waals surface area contributed by atoms with Crippen LogP contribution in [-0.2, 0) is 0 Å². The van der Waals surface area contributed by atoms with Crippen LogP contribution in [0.2, 0.25) is 0 Å². The van der Waals surface area contributed by atoms with Crippen molar-refractivity contribution in [2.75, 3.05) is 7.11 Å². The molecule has 0 N–H and O–H groups in total. The van der Waals surface area contributed by atoms with E-state index in [0.717, 1.165) is 24.8 Å². The summed E-state index contributed by atoms with van der Waals surface area (Å²) in [6.07, 6.45) is 12.3. The van der Waals surface area contributed by atoms with Gasteiger partial charge in [0.15, 0.2) is 23.2 Å². The maximum absolute atomic E-state index is 15.1. The van der Waals surface area contributed by atoms with Gasteiger partial charge in [-0.15, -0.1) is 0 Å². The van der Waals surface area contributed by atoms with Crippen LogP contribution >= 0.6 is 0 Å². The van der Waals surface area contributed by atoms with Crippen molar-refractivity contribution in [2.45, 2.75) is 64.7 Å².